The molecule has 1 N–H and O–H groups in total. The molecule has 3 heteroatoms. The van der Waals surface area contributed by atoms with Crippen LogP contribution < -0.4 is 5.32 Å². The molecule has 1 aliphatic carbocycles. The Morgan fingerprint density at radius 2 is 1.90 bits per heavy atom. The number of thiophene rings is 1. The molecule has 0 aliphatic heterocycles. The number of carbonyl (C=O) groups excluding carboxylic acids is 1. The van der Waals surface area contributed by atoms with Crippen LogP contribution in [0.25, 0.3) is 0 Å². The second kappa shape index (κ2) is 6.44. The summed E-state index contributed by atoms with van der Waals surface area (Å²) in [7, 11) is 0. The Morgan fingerprint density at radius 3 is 2.71 bits per heavy atom. The normalized spacial score (nSPS) is 15.9. The molecule has 0 saturated heterocycles. The van der Waals surface area contributed by atoms with E-state index in [-0.39, 0.29) is 11.9 Å². The third-order valence-corrected chi connectivity index (χ3v) is 5.35. The first-order chi connectivity index (χ1) is 10.2. The van der Waals surface area contributed by atoms with Gasteiger partial charge in [-0.2, -0.15) is 0 Å². The first-order valence-corrected chi connectivity index (χ1v) is 8.53. The zero-order valence-corrected chi connectivity index (χ0v) is 13.2. The average Bonchev–Trinajstić information content (AvgIpc) is 2.79. The van der Waals surface area contributed by atoms with Crippen LogP contribution in [0.5, 0.6) is 0 Å². The van der Waals surface area contributed by atoms with Gasteiger partial charge in [0.25, 0.3) is 5.91 Å². The van der Waals surface area contributed by atoms with Gasteiger partial charge in [0.2, 0.25) is 0 Å². The maximum absolute atomic E-state index is 12.4. The quantitative estimate of drug-likeness (QED) is 0.830. The Hall–Kier alpha value is -1.61. The lowest BCUT2D eigenvalue weighted by atomic mass is 10.1. The number of fused-ring (bicyclic) bond motifs is 1. The van der Waals surface area contributed by atoms with E-state index in [9.17, 15) is 4.79 Å². The molecule has 1 aliphatic rings. The lowest BCUT2D eigenvalue weighted by Gasteiger charge is -2.13. The van der Waals surface area contributed by atoms with Crippen molar-refractivity contribution in [3.8, 4) is 0 Å². The molecule has 1 aromatic carbocycles. The minimum absolute atomic E-state index is 0.0422. The van der Waals surface area contributed by atoms with E-state index in [1.54, 1.807) is 11.3 Å². The SMILES string of the molecule is CC(NC(=O)c1cc2c(s1)CCCCC2)c1ccccc1. The second-order valence-electron chi connectivity index (χ2n) is 5.73. The Kier molecular flexibility index (Phi) is 4.39. The predicted octanol–water partition coefficient (Wildman–Crippen LogP) is 4.51. The molecule has 0 spiro atoms. The van der Waals surface area contributed by atoms with Crippen molar-refractivity contribution in [2.75, 3.05) is 0 Å². The summed E-state index contributed by atoms with van der Waals surface area (Å²) in [6.45, 7) is 2.03. The Labute approximate surface area is 130 Å². The molecule has 1 unspecified atom stereocenters. The van der Waals surface area contributed by atoms with Crippen LogP contribution in [0.2, 0.25) is 0 Å². The number of carbonyl (C=O) groups is 1. The maximum atomic E-state index is 12.4. The van der Waals surface area contributed by atoms with Gasteiger partial charge in [-0.05, 0) is 49.8 Å². The fourth-order valence-electron chi connectivity index (χ4n) is 2.87. The minimum Gasteiger partial charge on any atom is -0.345 e. The van der Waals surface area contributed by atoms with Crippen molar-refractivity contribution >= 4 is 17.2 Å². The van der Waals surface area contributed by atoms with Gasteiger partial charge in [0.1, 0.15) is 0 Å². The first-order valence-electron chi connectivity index (χ1n) is 7.71. The topological polar surface area (TPSA) is 29.1 Å². The molecule has 0 saturated carbocycles. The molecular formula is C18H21NOS. The summed E-state index contributed by atoms with van der Waals surface area (Å²) in [5, 5.41) is 3.11. The zero-order valence-electron chi connectivity index (χ0n) is 12.4. The lowest BCUT2D eigenvalue weighted by Crippen LogP contribution is -2.25. The molecule has 2 nitrogen and oxygen atoms in total. The molecule has 21 heavy (non-hydrogen) atoms. The Balaban J connectivity index is 1.71. The molecule has 110 valence electrons. The highest BCUT2D eigenvalue weighted by Crippen LogP contribution is 2.29. The number of nitrogens with one attached hydrogen (secondary N) is 1. The highest BCUT2D eigenvalue weighted by Gasteiger charge is 2.18. The molecular weight excluding hydrogens is 278 g/mol. The van der Waals surface area contributed by atoms with Crippen LogP contribution >= 0.6 is 11.3 Å². The van der Waals surface area contributed by atoms with Crippen molar-refractivity contribution in [2.45, 2.75) is 45.1 Å². The van der Waals surface area contributed by atoms with Gasteiger partial charge in [0.05, 0.1) is 10.9 Å². The van der Waals surface area contributed by atoms with E-state index in [0.717, 1.165) is 23.3 Å². The fraction of sp³-hybridized carbons (Fsp3) is 0.389. The van der Waals surface area contributed by atoms with Crippen LogP contribution in [0.1, 0.15) is 57.9 Å². The molecule has 1 aromatic heterocycles. The monoisotopic (exact) mass is 299 g/mol. The molecule has 1 atom stereocenters. The fourth-order valence-corrected chi connectivity index (χ4v) is 4.03. The van der Waals surface area contributed by atoms with Crippen LogP contribution in [0.15, 0.2) is 36.4 Å². The van der Waals surface area contributed by atoms with Crippen LogP contribution in [-0.2, 0) is 12.8 Å². The highest BCUT2D eigenvalue weighted by molar-refractivity contribution is 7.14. The van der Waals surface area contributed by atoms with Gasteiger partial charge < -0.3 is 5.32 Å². The van der Waals surface area contributed by atoms with Crippen molar-refractivity contribution in [1.29, 1.82) is 0 Å². The summed E-state index contributed by atoms with van der Waals surface area (Å²) < 4.78 is 0. The van der Waals surface area contributed by atoms with Gasteiger partial charge in [0.15, 0.2) is 0 Å². The predicted molar refractivity (Wildman–Crippen MR) is 87.9 cm³/mol. The first kappa shape index (κ1) is 14.3. The van der Waals surface area contributed by atoms with Crippen LogP contribution in [-0.4, -0.2) is 5.91 Å². The van der Waals surface area contributed by atoms with Crippen molar-refractivity contribution in [3.05, 3.63) is 57.3 Å². The third kappa shape index (κ3) is 3.35. The van der Waals surface area contributed by atoms with E-state index in [1.165, 1.54) is 29.7 Å². The molecule has 0 radical (unpaired) electrons. The Bertz CT molecular complexity index is 594. The molecule has 3 rings (SSSR count). The van der Waals surface area contributed by atoms with Crippen molar-refractivity contribution in [3.63, 3.8) is 0 Å². The van der Waals surface area contributed by atoms with Gasteiger partial charge >= 0.3 is 0 Å². The summed E-state index contributed by atoms with van der Waals surface area (Å²) in [5.41, 5.74) is 2.54. The van der Waals surface area contributed by atoms with Crippen molar-refractivity contribution in [2.24, 2.45) is 0 Å². The number of aryl methyl sites for hydroxylation is 2. The summed E-state index contributed by atoms with van der Waals surface area (Å²) in [4.78, 5) is 14.7. The van der Waals surface area contributed by atoms with E-state index in [2.05, 4.69) is 23.5 Å². The standard InChI is InChI=1S/C18H21NOS/c1-13(14-8-4-2-5-9-14)19-18(20)17-12-15-10-6-3-7-11-16(15)21-17/h2,4-5,8-9,12-13H,3,6-7,10-11H2,1H3,(H,19,20). The number of rotatable bonds is 3. The lowest BCUT2D eigenvalue weighted by molar-refractivity contribution is 0.0944. The molecule has 0 bridgehead atoms. The van der Waals surface area contributed by atoms with E-state index < -0.39 is 0 Å². The molecule has 1 heterocycles. The maximum Gasteiger partial charge on any atom is 0.261 e. The van der Waals surface area contributed by atoms with Gasteiger partial charge in [-0.15, -0.1) is 11.3 Å². The van der Waals surface area contributed by atoms with E-state index >= 15 is 0 Å². The van der Waals surface area contributed by atoms with Gasteiger partial charge in [0, 0.05) is 4.88 Å². The number of hydrogen-bond acceptors (Lipinski definition) is 2. The number of amides is 1. The smallest absolute Gasteiger partial charge is 0.261 e. The largest absolute Gasteiger partial charge is 0.345 e. The molecule has 1 amide bonds. The summed E-state index contributed by atoms with van der Waals surface area (Å²) in [6, 6.07) is 12.3. The van der Waals surface area contributed by atoms with Gasteiger partial charge in [-0.1, -0.05) is 36.8 Å². The minimum atomic E-state index is 0.0422. The van der Waals surface area contributed by atoms with Crippen LogP contribution in [0.3, 0.4) is 0 Å². The number of benzene rings is 1. The molecule has 2 aromatic rings. The number of hydrogen-bond donors (Lipinski definition) is 1. The molecule has 0 fully saturated rings. The zero-order chi connectivity index (χ0) is 14.7. The Morgan fingerprint density at radius 1 is 1.14 bits per heavy atom. The van der Waals surface area contributed by atoms with Crippen LogP contribution in [0.4, 0.5) is 0 Å². The van der Waals surface area contributed by atoms with Gasteiger partial charge in [-0.25, -0.2) is 0 Å². The third-order valence-electron chi connectivity index (χ3n) is 4.12. The summed E-state index contributed by atoms with van der Waals surface area (Å²) in [5.74, 6) is 0.0597. The summed E-state index contributed by atoms with van der Waals surface area (Å²) >= 11 is 1.68. The second-order valence-corrected chi connectivity index (χ2v) is 6.86. The average molecular weight is 299 g/mol. The van der Waals surface area contributed by atoms with E-state index in [1.807, 2.05) is 25.1 Å². The highest BCUT2D eigenvalue weighted by atomic mass is 32.1. The van der Waals surface area contributed by atoms with Gasteiger partial charge in [-0.3, -0.25) is 4.79 Å². The van der Waals surface area contributed by atoms with E-state index in [0.29, 0.717) is 0 Å². The van der Waals surface area contributed by atoms with E-state index in [4.69, 9.17) is 0 Å². The van der Waals surface area contributed by atoms with Crippen molar-refractivity contribution in [1.82, 2.24) is 5.32 Å². The van der Waals surface area contributed by atoms with Crippen molar-refractivity contribution < 1.29 is 4.79 Å². The van der Waals surface area contributed by atoms with Crippen LogP contribution in [0, 0.1) is 0 Å². The summed E-state index contributed by atoms with van der Waals surface area (Å²) in [6.07, 6.45) is 6.10.